The highest BCUT2D eigenvalue weighted by atomic mass is 16.4. The zero-order valence-electron chi connectivity index (χ0n) is 24.1. The molecule has 0 fully saturated rings. The van der Waals surface area contributed by atoms with Crippen LogP contribution >= 0.6 is 0 Å². The minimum absolute atomic E-state index is 0.0607. The number of carboxylic acids is 1. The maximum absolute atomic E-state index is 13.3. The number of phenols is 1. The highest BCUT2D eigenvalue weighted by Gasteiger charge is 2.31. The first-order valence-corrected chi connectivity index (χ1v) is 14.2. The number of benzene rings is 2. The highest BCUT2D eigenvalue weighted by Crippen LogP contribution is 2.19. The van der Waals surface area contributed by atoms with Crippen molar-refractivity contribution in [3.63, 3.8) is 0 Å². The summed E-state index contributed by atoms with van der Waals surface area (Å²) in [4.78, 5) is 66.4. The lowest BCUT2D eigenvalue weighted by atomic mass is 10.0. The van der Waals surface area contributed by atoms with Gasteiger partial charge in [0, 0.05) is 23.5 Å². The molecule has 4 amide bonds. The van der Waals surface area contributed by atoms with Crippen LogP contribution < -0.4 is 33.2 Å². The number of phenolic OH excluding ortho intramolecular Hbond substituents is 1. The Morgan fingerprint density at radius 2 is 1.45 bits per heavy atom. The third kappa shape index (κ3) is 9.81. The number of H-pyrrole nitrogens is 1. The number of carboxylic acid groups (broad SMARTS) is 1. The fourth-order valence-electron chi connectivity index (χ4n) is 4.69. The summed E-state index contributed by atoms with van der Waals surface area (Å²) in [6.45, 7) is 0.350. The van der Waals surface area contributed by atoms with Crippen molar-refractivity contribution in [1.82, 2.24) is 20.9 Å². The van der Waals surface area contributed by atoms with Crippen LogP contribution in [0.3, 0.4) is 0 Å². The van der Waals surface area contributed by atoms with E-state index in [-0.39, 0.29) is 25.0 Å². The second-order valence-corrected chi connectivity index (χ2v) is 10.5. The molecule has 0 saturated carbocycles. The van der Waals surface area contributed by atoms with Gasteiger partial charge in [-0.2, -0.15) is 0 Å². The number of rotatable bonds is 17. The lowest BCUT2D eigenvalue weighted by Crippen LogP contribution is -2.58. The molecule has 0 aliphatic carbocycles. The van der Waals surface area contributed by atoms with Crippen LogP contribution in [0.25, 0.3) is 10.9 Å². The van der Waals surface area contributed by atoms with E-state index in [4.69, 9.17) is 17.2 Å². The summed E-state index contributed by atoms with van der Waals surface area (Å²) in [5.74, 6) is -4.51. The number of primary amides is 1. The summed E-state index contributed by atoms with van der Waals surface area (Å²) in [5.41, 5.74) is 19.1. The normalized spacial score (nSPS) is 13.8. The van der Waals surface area contributed by atoms with Gasteiger partial charge in [0.15, 0.2) is 0 Å². The molecule has 3 aromatic rings. The third-order valence-corrected chi connectivity index (χ3v) is 7.06. The van der Waals surface area contributed by atoms with Crippen molar-refractivity contribution in [3.8, 4) is 5.75 Å². The SMILES string of the molecule is NCCCCC(NC(=O)C(N)Cc1ccc(O)cc1)C(=O)NC(CC(N)=O)C(=O)NC(Cc1c[nH]c2ccccc12)C(=O)O. The predicted octanol–water partition coefficient (Wildman–Crippen LogP) is -0.471. The third-order valence-electron chi connectivity index (χ3n) is 7.06. The first-order valence-electron chi connectivity index (χ1n) is 14.2. The highest BCUT2D eigenvalue weighted by molar-refractivity contribution is 5.96. The number of aromatic hydroxyl groups is 1. The van der Waals surface area contributed by atoms with Crippen LogP contribution in [-0.4, -0.2) is 75.5 Å². The summed E-state index contributed by atoms with van der Waals surface area (Å²) in [5, 5.41) is 27.5. The van der Waals surface area contributed by atoms with E-state index in [0.29, 0.717) is 30.5 Å². The monoisotopic (exact) mass is 609 g/mol. The van der Waals surface area contributed by atoms with E-state index in [9.17, 15) is 34.2 Å². The van der Waals surface area contributed by atoms with E-state index < -0.39 is 60.2 Å². The fraction of sp³-hybridized carbons (Fsp3) is 0.367. The predicted molar refractivity (Wildman–Crippen MR) is 162 cm³/mol. The van der Waals surface area contributed by atoms with E-state index in [1.165, 1.54) is 12.1 Å². The molecular weight excluding hydrogens is 570 g/mol. The minimum Gasteiger partial charge on any atom is -0.508 e. The van der Waals surface area contributed by atoms with E-state index in [0.717, 1.165) is 10.9 Å². The van der Waals surface area contributed by atoms with Gasteiger partial charge < -0.3 is 48.3 Å². The Kier molecular flexibility index (Phi) is 12.2. The molecular formula is C30H39N7O7. The van der Waals surface area contributed by atoms with Crippen LogP contribution in [0.4, 0.5) is 0 Å². The van der Waals surface area contributed by atoms with Gasteiger partial charge in [-0.3, -0.25) is 19.2 Å². The molecule has 236 valence electrons. The van der Waals surface area contributed by atoms with Crippen molar-refractivity contribution in [2.75, 3.05) is 6.54 Å². The molecule has 12 N–H and O–H groups in total. The summed E-state index contributed by atoms with van der Waals surface area (Å²) in [6.07, 6.45) is 2.27. The molecule has 1 heterocycles. The molecule has 0 aliphatic rings. The molecule has 0 aliphatic heterocycles. The van der Waals surface area contributed by atoms with Gasteiger partial charge in [0.25, 0.3) is 0 Å². The van der Waals surface area contributed by atoms with Gasteiger partial charge in [-0.25, -0.2) is 4.79 Å². The van der Waals surface area contributed by atoms with E-state index in [2.05, 4.69) is 20.9 Å². The fourth-order valence-corrected chi connectivity index (χ4v) is 4.69. The standard InChI is InChI=1S/C30H39N7O7/c31-12-4-3-7-23(35-27(40)21(32)13-17-8-10-19(38)11-9-17)28(41)36-24(15-26(33)39)29(42)37-25(30(43)44)14-18-16-34-22-6-2-1-5-20(18)22/h1-2,5-6,8-11,16,21,23-25,34,38H,3-4,7,12-15,31-32H2,(H2,33,39)(H,35,40)(H,36,41)(H,37,42)(H,43,44). The summed E-state index contributed by atoms with van der Waals surface area (Å²) in [6, 6.07) is 8.36. The number of carbonyl (C=O) groups is 5. The van der Waals surface area contributed by atoms with Gasteiger partial charge in [-0.1, -0.05) is 30.3 Å². The van der Waals surface area contributed by atoms with Gasteiger partial charge in [0.05, 0.1) is 12.5 Å². The summed E-state index contributed by atoms with van der Waals surface area (Å²) < 4.78 is 0. The zero-order valence-corrected chi connectivity index (χ0v) is 24.1. The lowest BCUT2D eigenvalue weighted by Gasteiger charge is -2.25. The Labute approximate surface area is 253 Å². The van der Waals surface area contributed by atoms with Crippen LogP contribution in [0.1, 0.15) is 36.8 Å². The van der Waals surface area contributed by atoms with Crippen LogP contribution in [0.5, 0.6) is 5.75 Å². The number of unbranched alkanes of at least 4 members (excludes halogenated alkanes) is 1. The number of hydrogen-bond acceptors (Lipinski definition) is 8. The summed E-state index contributed by atoms with van der Waals surface area (Å²) in [7, 11) is 0. The number of aliphatic carboxylic acids is 1. The van der Waals surface area contributed by atoms with Crippen molar-refractivity contribution in [3.05, 3.63) is 65.9 Å². The van der Waals surface area contributed by atoms with Gasteiger partial charge in [-0.15, -0.1) is 0 Å². The molecule has 0 spiro atoms. The number of amides is 4. The molecule has 0 radical (unpaired) electrons. The van der Waals surface area contributed by atoms with Crippen molar-refractivity contribution < 1.29 is 34.2 Å². The molecule has 1 aromatic heterocycles. The average Bonchev–Trinajstić information content (AvgIpc) is 3.39. The molecule has 4 unspecified atom stereocenters. The maximum atomic E-state index is 13.3. The Balaban J connectivity index is 1.71. The number of nitrogens with two attached hydrogens (primary N) is 3. The van der Waals surface area contributed by atoms with E-state index in [1.807, 2.05) is 18.2 Å². The summed E-state index contributed by atoms with van der Waals surface area (Å²) >= 11 is 0. The Hall–Kier alpha value is -4.95. The maximum Gasteiger partial charge on any atom is 0.326 e. The number of hydrogen-bond donors (Lipinski definition) is 9. The van der Waals surface area contributed by atoms with Crippen molar-refractivity contribution >= 4 is 40.5 Å². The van der Waals surface area contributed by atoms with Gasteiger partial charge in [0.2, 0.25) is 23.6 Å². The number of para-hydroxylation sites is 1. The molecule has 0 saturated heterocycles. The molecule has 4 atom stereocenters. The van der Waals surface area contributed by atoms with Crippen LogP contribution in [0, 0.1) is 0 Å². The number of aromatic nitrogens is 1. The van der Waals surface area contributed by atoms with E-state index in [1.54, 1.807) is 24.4 Å². The van der Waals surface area contributed by atoms with Crippen molar-refractivity contribution in [2.45, 2.75) is 62.7 Å². The van der Waals surface area contributed by atoms with Gasteiger partial charge >= 0.3 is 5.97 Å². The van der Waals surface area contributed by atoms with Gasteiger partial charge in [0.1, 0.15) is 23.9 Å². The number of nitrogens with one attached hydrogen (secondary N) is 4. The van der Waals surface area contributed by atoms with Crippen molar-refractivity contribution in [1.29, 1.82) is 0 Å². The molecule has 14 nitrogen and oxygen atoms in total. The molecule has 3 rings (SSSR count). The second kappa shape index (κ2) is 16.0. The van der Waals surface area contributed by atoms with Crippen LogP contribution in [0.2, 0.25) is 0 Å². The Bertz CT molecular complexity index is 1460. The zero-order chi connectivity index (χ0) is 32.2. The first kappa shape index (κ1) is 33.6. The second-order valence-electron chi connectivity index (χ2n) is 10.5. The minimum atomic E-state index is -1.51. The molecule has 2 aromatic carbocycles. The molecule has 0 bridgehead atoms. The number of aromatic amines is 1. The smallest absolute Gasteiger partial charge is 0.326 e. The topological polar surface area (TPSA) is 256 Å². The number of carbonyl (C=O) groups excluding carboxylic acids is 4. The Morgan fingerprint density at radius 1 is 0.818 bits per heavy atom. The molecule has 14 heteroatoms. The van der Waals surface area contributed by atoms with Gasteiger partial charge in [-0.05, 0) is 61.6 Å². The average molecular weight is 610 g/mol. The van der Waals surface area contributed by atoms with E-state index >= 15 is 0 Å². The first-order chi connectivity index (χ1) is 21.0. The van der Waals surface area contributed by atoms with Crippen LogP contribution in [0.15, 0.2) is 54.7 Å². The number of fused-ring (bicyclic) bond motifs is 1. The quantitative estimate of drug-likeness (QED) is 0.0895. The Morgan fingerprint density at radius 3 is 2.11 bits per heavy atom. The molecule has 44 heavy (non-hydrogen) atoms. The largest absolute Gasteiger partial charge is 0.508 e. The van der Waals surface area contributed by atoms with Crippen LogP contribution in [-0.2, 0) is 36.8 Å². The van der Waals surface area contributed by atoms with Crippen molar-refractivity contribution in [2.24, 2.45) is 17.2 Å². The lowest BCUT2D eigenvalue weighted by molar-refractivity contribution is -0.142.